The van der Waals surface area contributed by atoms with Gasteiger partial charge in [-0.1, -0.05) is 13.3 Å². The topological polar surface area (TPSA) is 92.1 Å². The van der Waals surface area contributed by atoms with Gasteiger partial charge in [-0.3, -0.25) is 4.79 Å². The van der Waals surface area contributed by atoms with E-state index in [1.807, 2.05) is 9.80 Å². The first-order chi connectivity index (χ1) is 15.9. The highest BCUT2D eigenvalue weighted by molar-refractivity contribution is 7.18. The summed E-state index contributed by atoms with van der Waals surface area (Å²) in [5.74, 6) is 0.573. The van der Waals surface area contributed by atoms with E-state index in [0.29, 0.717) is 37.8 Å². The fourth-order valence-corrected chi connectivity index (χ4v) is 5.54. The lowest BCUT2D eigenvalue weighted by Crippen LogP contribution is -2.36. The maximum absolute atomic E-state index is 13.2. The van der Waals surface area contributed by atoms with E-state index in [1.54, 1.807) is 11.3 Å². The van der Waals surface area contributed by atoms with Gasteiger partial charge in [-0.05, 0) is 18.9 Å². The van der Waals surface area contributed by atoms with Crippen LogP contribution in [-0.4, -0.2) is 56.8 Å². The van der Waals surface area contributed by atoms with Gasteiger partial charge in [-0.25, -0.2) is 4.98 Å². The van der Waals surface area contributed by atoms with Gasteiger partial charge in [-0.2, -0.15) is 18.2 Å². The maximum atomic E-state index is 13.2. The second-order valence-electron chi connectivity index (χ2n) is 8.26. The third-order valence-electron chi connectivity index (χ3n) is 5.99. The fraction of sp³-hybridized carbons (Fsp3) is 0.550. The number of carbonyl (C=O) groups excluding carboxylic acids is 1. The zero-order chi connectivity index (χ0) is 23.2. The van der Waals surface area contributed by atoms with Gasteiger partial charge in [0.25, 0.3) is 0 Å². The van der Waals surface area contributed by atoms with E-state index in [0.717, 1.165) is 34.0 Å². The molecule has 2 aliphatic heterocycles. The van der Waals surface area contributed by atoms with Crippen molar-refractivity contribution in [3.63, 3.8) is 0 Å². The Morgan fingerprint density at radius 3 is 2.82 bits per heavy atom. The predicted octanol–water partition coefficient (Wildman–Crippen LogP) is 2.60. The molecule has 1 atom stereocenters. The number of nitrogens with zero attached hydrogens (tertiary/aromatic N) is 7. The molecule has 0 spiro atoms. The van der Waals surface area contributed by atoms with E-state index in [4.69, 9.17) is 9.97 Å². The molecule has 1 fully saturated rings. The quantitative estimate of drug-likeness (QED) is 0.542. The van der Waals surface area contributed by atoms with Crippen LogP contribution in [0.1, 0.15) is 36.3 Å². The Balaban J connectivity index is 1.51. The average molecular weight is 481 g/mol. The molecule has 2 aliphatic rings. The van der Waals surface area contributed by atoms with Crippen LogP contribution in [-0.2, 0) is 30.5 Å². The molecule has 0 radical (unpaired) electrons. The Morgan fingerprint density at radius 2 is 2.06 bits per heavy atom. The molecule has 0 saturated carbocycles. The van der Waals surface area contributed by atoms with Gasteiger partial charge < -0.3 is 19.7 Å². The number of fused-ring (bicyclic) bond motifs is 2. The van der Waals surface area contributed by atoms with Gasteiger partial charge in [0.2, 0.25) is 18.2 Å². The van der Waals surface area contributed by atoms with Gasteiger partial charge in [-0.15, -0.1) is 21.5 Å². The molecule has 1 N–H and O–H groups in total. The number of rotatable bonds is 6. The molecule has 13 heteroatoms. The summed E-state index contributed by atoms with van der Waals surface area (Å²) in [6, 6.07) is 2.13. The Morgan fingerprint density at radius 1 is 1.21 bits per heavy atom. The van der Waals surface area contributed by atoms with Crippen molar-refractivity contribution in [1.82, 2.24) is 30.0 Å². The van der Waals surface area contributed by atoms with Crippen LogP contribution in [0.2, 0.25) is 0 Å². The van der Waals surface area contributed by atoms with Gasteiger partial charge in [0.15, 0.2) is 5.82 Å². The Bertz CT molecular complexity index is 1180. The maximum Gasteiger partial charge on any atom is 0.451 e. The van der Waals surface area contributed by atoms with Crippen LogP contribution >= 0.6 is 11.3 Å². The second kappa shape index (κ2) is 8.43. The van der Waals surface area contributed by atoms with Gasteiger partial charge in [0, 0.05) is 37.1 Å². The average Bonchev–Trinajstić information content (AvgIpc) is 3.50. The molecule has 0 unspecified atom stereocenters. The normalized spacial score (nSPS) is 18.7. The summed E-state index contributed by atoms with van der Waals surface area (Å²) in [6.07, 6.45) is -1.10. The smallest absolute Gasteiger partial charge is 0.354 e. The highest BCUT2D eigenvalue weighted by Gasteiger charge is 2.40. The molecule has 9 nitrogen and oxygen atoms in total. The summed E-state index contributed by atoms with van der Waals surface area (Å²) in [4.78, 5) is 26.5. The zero-order valence-electron chi connectivity index (χ0n) is 18.0. The van der Waals surface area contributed by atoms with Crippen LogP contribution in [0.15, 0.2) is 6.07 Å². The molecule has 0 aromatic carbocycles. The van der Waals surface area contributed by atoms with Crippen LogP contribution in [0.5, 0.6) is 0 Å². The highest BCUT2D eigenvalue weighted by atomic mass is 32.1. The monoisotopic (exact) mass is 480 g/mol. The number of hydrogen-bond acceptors (Lipinski definition) is 8. The van der Waals surface area contributed by atoms with Crippen molar-refractivity contribution in [2.45, 2.75) is 51.5 Å². The molecule has 0 aliphatic carbocycles. The Kier molecular flexibility index (Phi) is 5.59. The summed E-state index contributed by atoms with van der Waals surface area (Å²) in [5.41, 5.74) is 0. The molecular formula is C20H23F3N8OS. The number of anilines is 2. The number of thiophene rings is 1. The number of aryl methyl sites for hydroxylation is 1. The van der Waals surface area contributed by atoms with Gasteiger partial charge in [0.05, 0.1) is 11.9 Å². The van der Waals surface area contributed by atoms with E-state index in [9.17, 15) is 18.0 Å². The van der Waals surface area contributed by atoms with Crippen LogP contribution in [0.3, 0.4) is 0 Å². The van der Waals surface area contributed by atoms with Crippen molar-refractivity contribution in [2.24, 2.45) is 0 Å². The number of carbonyl (C=O) groups is 1. The summed E-state index contributed by atoms with van der Waals surface area (Å²) < 4.78 is 40.9. The number of aromatic nitrogens is 5. The molecule has 3 aromatic rings. The molecule has 3 aromatic heterocycles. The first-order valence-corrected chi connectivity index (χ1v) is 11.7. The minimum atomic E-state index is -4.53. The van der Waals surface area contributed by atoms with E-state index in [1.165, 1.54) is 4.88 Å². The lowest BCUT2D eigenvalue weighted by Gasteiger charge is -2.30. The number of alkyl halides is 3. The first-order valence-electron chi connectivity index (χ1n) is 10.9. The number of amides is 1. The van der Waals surface area contributed by atoms with E-state index < -0.39 is 12.0 Å². The molecule has 1 amide bonds. The summed E-state index contributed by atoms with van der Waals surface area (Å²) in [5, 5.41) is 10.9. The SMILES string of the molecule is CCCc1cc2c(N3CCn4c(nnc4C(F)(F)F)C3)nc(N3CC[C@@H](NC=O)C3)nc2s1. The molecule has 5 rings (SSSR count). The Hall–Kier alpha value is -2.96. The van der Waals surface area contributed by atoms with E-state index >= 15 is 0 Å². The van der Waals surface area contributed by atoms with Crippen LogP contribution < -0.4 is 15.1 Å². The third-order valence-corrected chi connectivity index (χ3v) is 7.08. The fourth-order valence-electron chi connectivity index (χ4n) is 4.42. The van der Waals surface area contributed by atoms with Crippen LogP contribution in [0.25, 0.3) is 10.2 Å². The minimum Gasteiger partial charge on any atom is -0.354 e. The molecule has 1 saturated heterocycles. The zero-order valence-corrected chi connectivity index (χ0v) is 18.8. The van der Waals surface area contributed by atoms with Crippen molar-refractivity contribution in [3.8, 4) is 0 Å². The first kappa shape index (κ1) is 21.9. The van der Waals surface area contributed by atoms with E-state index in [-0.39, 0.29) is 25.0 Å². The van der Waals surface area contributed by atoms with Crippen molar-refractivity contribution in [3.05, 3.63) is 22.6 Å². The Labute approximate surface area is 191 Å². The third kappa shape index (κ3) is 4.09. The highest BCUT2D eigenvalue weighted by Crippen LogP contribution is 2.36. The minimum absolute atomic E-state index is 0.0403. The lowest BCUT2D eigenvalue weighted by atomic mass is 10.2. The number of nitrogens with one attached hydrogen (secondary N) is 1. The van der Waals surface area contributed by atoms with Gasteiger partial charge >= 0.3 is 6.18 Å². The summed E-state index contributed by atoms with van der Waals surface area (Å²) in [7, 11) is 0. The molecule has 33 heavy (non-hydrogen) atoms. The molecule has 0 bridgehead atoms. The second-order valence-corrected chi connectivity index (χ2v) is 9.37. The predicted molar refractivity (Wildman–Crippen MR) is 117 cm³/mol. The van der Waals surface area contributed by atoms with Crippen molar-refractivity contribution >= 4 is 39.7 Å². The lowest BCUT2D eigenvalue weighted by molar-refractivity contribution is -0.147. The van der Waals surface area contributed by atoms with Crippen LogP contribution in [0.4, 0.5) is 24.9 Å². The van der Waals surface area contributed by atoms with Crippen molar-refractivity contribution < 1.29 is 18.0 Å². The van der Waals surface area contributed by atoms with Crippen molar-refractivity contribution in [1.29, 1.82) is 0 Å². The number of hydrogen-bond donors (Lipinski definition) is 1. The molecular weight excluding hydrogens is 457 g/mol. The van der Waals surface area contributed by atoms with E-state index in [2.05, 4.69) is 28.5 Å². The molecule has 176 valence electrons. The van der Waals surface area contributed by atoms with Crippen molar-refractivity contribution in [2.75, 3.05) is 29.4 Å². The largest absolute Gasteiger partial charge is 0.451 e. The standard InChI is InChI=1S/C20H23F3N8OS/c1-2-3-13-8-14-16(29-6-7-31-15(10-29)27-28-18(31)20(21,22)23)25-19(26-17(14)33-13)30-5-4-12(9-30)24-11-32/h8,11-12H,2-7,9-10H2,1H3,(H,24,32)/t12-/m1/s1. The summed E-state index contributed by atoms with van der Waals surface area (Å²) >= 11 is 1.62. The van der Waals surface area contributed by atoms with Crippen LogP contribution in [0, 0.1) is 0 Å². The molecule has 5 heterocycles. The van der Waals surface area contributed by atoms with Gasteiger partial charge in [0.1, 0.15) is 10.6 Å². The summed E-state index contributed by atoms with van der Waals surface area (Å²) in [6.45, 7) is 4.10. The number of halogens is 3.